The second kappa shape index (κ2) is 13.3. The molecule has 0 atom stereocenters. The molecule has 0 aromatic rings. The van der Waals surface area contributed by atoms with Crippen molar-refractivity contribution < 1.29 is 78.9 Å². The van der Waals surface area contributed by atoms with Crippen LogP contribution in [-0.4, -0.2) is 23.4 Å². The Hall–Kier alpha value is 1.29. The van der Waals surface area contributed by atoms with Crippen molar-refractivity contribution in [1.82, 2.24) is 0 Å². The van der Waals surface area contributed by atoms with Gasteiger partial charge in [0.1, 0.15) is 0 Å². The Morgan fingerprint density at radius 1 is 0.923 bits per heavy atom. The van der Waals surface area contributed by atoms with E-state index in [0.717, 1.165) is 0 Å². The number of hydrogen-bond donors (Lipinski definition) is 0. The summed E-state index contributed by atoms with van der Waals surface area (Å²) in [6.45, 7) is 0. The summed E-state index contributed by atoms with van der Waals surface area (Å²) in [6.07, 6.45) is -0.0601. The van der Waals surface area contributed by atoms with Crippen LogP contribution in [0.4, 0.5) is 0 Å². The second-order valence-corrected chi connectivity index (χ2v) is 3.08. The van der Waals surface area contributed by atoms with Gasteiger partial charge < -0.3 is 19.8 Å². The summed E-state index contributed by atoms with van der Waals surface area (Å²) < 4.78 is 0. The molecule has 0 aliphatic rings. The van der Waals surface area contributed by atoms with E-state index in [2.05, 4.69) is 0 Å². The van der Waals surface area contributed by atoms with Crippen LogP contribution >= 0.6 is 11.8 Å². The molecule has 0 aromatic heterocycles. The van der Waals surface area contributed by atoms with Crippen molar-refractivity contribution >= 4 is 23.7 Å². The van der Waals surface area contributed by atoms with Gasteiger partial charge in [-0.2, -0.15) is 11.8 Å². The van der Waals surface area contributed by atoms with Gasteiger partial charge in [0.15, 0.2) is 0 Å². The number of carboxylic acid groups (broad SMARTS) is 2. The molecule has 64 valence electrons. The molecule has 0 radical (unpaired) electrons. The molecule has 0 amide bonds. The zero-order valence-electron chi connectivity index (χ0n) is 7.87. The van der Waals surface area contributed by atoms with Crippen LogP contribution in [0.5, 0.6) is 0 Å². The van der Waals surface area contributed by atoms with Crippen molar-refractivity contribution in [2.24, 2.45) is 0 Å². The van der Waals surface area contributed by atoms with Gasteiger partial charge in [-0.15, -0.1) is 0 Å². The Balaban J connectivity index is -0.000000500. The maximum Gasteiger partial charge on any atom is 1.00 e. The van der Waals surface area contributed by atoms with Gasteiger partial charge in [-0.05, 0) is 24.3 Å². The molecule has 0 fully saturated rings. The Morgan fingerprint density at radius 3 is 1.46 bits per heavy atom. The zero-order valence-corrected chi connectivity index (χ0v) is 12.7. The van der Waals surface area contributed by atoms with E-state index in [-0.39, 0.29) is 72.0 Å². The summed E-state index contributed by atoms with van der Waals surface area (Å²) in [5.41, 5.74) is 0. The van der Waals surface area contributed by atoms with E-state index in [1.807, 2.05) is 0 Å². The van der Waals surface area contributed by atoms with E-state index >= 15 is 0 Å². The van der Waals surface area contributed by atoms with Crippen LogP contribution in [0, 0.1) is 0 Å². The third kappa shape index (κ3) is 19.6. The minimum atomic E-state index is -1.11. The molecule has 0 aliphatic carbocycles. The van der Waals surface area contributed by atoms with Crippen LogP contribution in [0.1, 0.15) is 12.8 Å². The van der Waals surface area contributed by atoms with E-state index < -0.39 is 11.9 Å². The predicted molar refractivity (Wildman–Crippen MR) is 36.6 cm³/mol. The maximum atomic E-state index is 9.84. The number of carboxylic acids is 2. The van der Waals surface area contributed by atoms with Crippen molar-refractivity contribution in [3.63, 3.8) is 0 Å². The average Bonchev–Trinajstić information content (AvgIpc) is 1.85. The molecule has 0 N–H and O–H groups in total. The van der Waals surface area contributed by atoms with Gasteiger partial charge in [-0.25, -0.2) is 0 Å². The van der Waals surface area contributed by atoms with Crippen molar-refractivity contribution in [2.75, 3.05) is 11.5 Å². The molecule has 0 unspecified atom stereocenters. The Bertz CT molecular complexity index is 138. The van der Waals surface area contributed by atoms with E-state index in [9.17, 15) is 19.8 Å². The summed E-state index contributed by atoms with van der Waals surface area (Å²) in [6, 6.07) is 0. The monoisotopic (exact) mass is 222 g/mol. The van der Waals surface area contributed by atoms with Gasteiger partial charge in [0.25, 0.3) is 0 Å². The predicted octanol–water partition coefficient (Wildman–Crippen LogP) is -7.99. The van der Waals surface area contributed by atoms with Crippen molar-refractivity contribution in [3.05, 3.63) is 0 Å². The quantitative estimate of drug-likeness (QED) is 0.329. The summed E-state index contributed by atoms with van der Waals surface area (Å²) >= 11 is 1.27. The van der Waals surface area contributed by atoms with Gasteiger partial charge in [0, 0.05) is 11.9 Å². The van der Waals surface area contributed by atoms with Crippen LogP contribution in [0.3, 0.4) is 0 Å². The van der Waals surface area contributed by atoms with E-state index in [0.29, 0.717) is 11.5 Å². The van der Waals surface area contributed by atoms with Crippen molar-refractivity contribution in [2.45, 2.75) is 12.8 Å². The normalized spacial score (nSPS) is 8.00. The first kappa shape index (κ1) is 19.8. The first-order valence-corrected chi connectivity index (χ1v) is 4.26. The molecular formula is C6H8Na2O4S. The number of rotatable bonds is 6. The molecule has 13 heavy (non-hydrogen) atoms. The van der Waals surface area contributed by atoms with Gasteiger partial charge in [-0.3, -0.25) is 0 Å². The smallest absolute Gasteiger partial charge is 0.550 e. The van der Waals surface area contributed by atoms with Gasteiger partial charge in [-0.1, -0.05) is 0 Å². The van der Waals surface area contributed by atoms with E-state index in [4.69, 9.17) is 0 Å². The van der Waals surface area contributed by atoms with Crippen LogP contribution in [-0.2, 0) is 9.59 Å². The molecule has 4 nitrogen and oxygen atoms in total. The van der Waals surface area contributed by atoms with E-state index in [1.165, 1.54) is 11.8 Å². The van der Waals surface area contributed by atoms with Gasteiger partial charge in [0.05, 0.1) is 0 Å². The van der Waals surface area contributed by atoms with Crippen molar-refractivity contribution in [1.29, 1.82) is 0 Å². The van der Waals surface area contributed by atoms with Crippen LogP contribution in [0.2, 0.25) is 0 Å². The first-order chi connectivity index (χ1) is 5.13. The molecule has 0 aliphatic heterocycles. The molecular weight excluding hydrogens is 214 g/mol. The summed E-state index contributed by atoms with van der Waals surface area (Å²) in [7, 11) is 0. The summed E-state index contributed by atoms with van der Waals surface area (Å²) in [5.74, 6) is -1.41. The minimum absolute atomic E-state index is 0. The van der Waals surface area contributed by atoms with Crippen LogP contribution in [0.25, 0.3) is 0 Å². The topological polar surface area (TPSA) is 80.3 Å². The average molecular weight is 222 g/mol. The van der Waals surface area contributed by atoms with Gasteiger partial charge in [0.2, 0.25) is 0 Å². The van der Waals surface area contributed by atoms with Crippen molar-refractivity contribution in [3.8, 4) is 0 Å². The molecule has 0 bridgehead atoms. The summed E-state index contributed by atoms with van der Waals surface area (Å²) in [5, 5.41) is 19.7. The maximum absolute atomic E-state index is 9.84. The fourth-order valence-corrected chi connectivity index (χ4v) is 1.24. The number of hydrogen-bond acceptors (Lipinski definition) is 5. The standard InChI is InChI=1S/C6H10O4S.2Na/c7-5(8)1-3-11-4-2-6(9)10;;/h1-4H2,(H,7,8)(H,9,10);;/q;2*+1/p-2. The zero-order chi connectivity index (χ0) is 8.69. The summed E-state index contributed by atoms with van der Waals surface area (Å²) in [4.78, 5) is 19.7. The molecule has 0 saturated carbocycles. The minimum Gasteiger partial charge on any atom is -0.550 e. The molecule has 0 aromatic carbocycles. The number of thioether (sulfide) groups is 1. The number of aliphatic carboxylic acids is 2. The van der Waals surface area contributed by atoms with E-state index in [1.54, 1.807) is 0 Å². The molecule has 0 spiro atoms. The molecule has 0 saturated heterocycles. The van der Waals surface area contributed by atoms with Gasteiger partial charge >= 0.3 is 59.1 Å². The SMILES string of the molecule is O=C([O-])CCSCCC(=O)[O-].[Na+].[Na+]. The molecule has 0 heterocycles. The third-order valence-electron chi connectivity index (χ3n) is 0.901. The molecule has 7 heteroatoms. The van der Waals surface area contributed by atoms with Crippen LogP contribution in [0.15, 0.2) is 0 Å². The fourth-order valence-electron chi connectivity index (χ4n) is 0.413. The Morgan fingerprint density at radius 2 is 1.23 bits per heavy atom. The molecule has 0 rings (SSSR count). The Kier molecular flexibility index (Phi) is 20.2. The number of carbonyl (C=O) groups is 2. The van der Waals surface area contributed by atoms with Crippen LogP contribution < -0.4 is 69.3 Å². The second-order valence-electron chi connectivity index (χ2n) is 1.86. The Labute approximate surface area is 125 Å². The third-order valence-corrected chi connectivity index (χ3v) is 1.89. The number of carbonyl (C=O) groups excluding carboxylic acids is 2. The first-order valence-electron chi connectivity index (χ1n) is 3.10. The fraction of sp³-hybridized carbons (Fsp3) is 0.667. The largest absolute Gasteiger partial charge is 1.00 e.